The number of benzene rings is 1. The minimum Gasteiger partial charge on any atom is -0.444 e. The van der Waals surface area contributed by atoms with Gasteiger partial charge in [-0.05, 0) is 45.7 Å². The molecule has 0 spiro atoms. The van der Waals surface area contributed by atoms with E-state index < -0.39 is 23.6 Å². The lowest BCUT2D eigenvalue weighted by atomic mass is 9.97. The number of aromatic nitrogens is 1. The van der Waals surface area contributed by atoms with Crippen LogP contribution in [0.2, 0.25) is 0 Å². The summed E-state index contributed by atoms with van der Waals surface area (Å²) in [5, 5.41) is 7.40. The van der Waals surface area contributed by atoms with Gasteiger partial charge in [-0.3, -0.25) is 9.59 Å². The Bertz CT molecular complexity index is 965. The molecule has 0 saturated carbocycles. The van der Waals surface area contributed by atoms with E-state index in [0.29, 0.717) is 16.4 Å². The van der Waals surface area contributed by atoms with E-state index in [4.69, 9.17) is 9.47 Å². The molecule has 2 aromatic rings. The second-order valence-corrected chi connectivity index (χ2v) is 9.22. The van der Waals surface area contributed by atoms with Gasteiger partial charge in [-0.15, -0.1) is 11.3 Å². The number of aryl methyl sites for hydroxylation is 1. The summed E-state index contributed by atoms with van der Waals surface area (Å²) in [5.74, 6) is -0.462. The Balaban J connectivity index is 2.14. The average molecular weight is 462 g/mol. The number of thiazole rings is 1. The highest BCUT2D eigenvalue weighted by molar-refractivity contribution is 7.14. The van der Waals surface area contributed by atoms with Crippen molar-refractivity contribution in [3.63, 3.8) is 0 Å². The Kier molecular flexibility index (Phi) is 8.91. The molecule has 8 nitrogen and oxygen atoms in total. The highest BCUT2D eigenvalue weighted by Crippen LogP contribution is 2.27. The summed E-state index contributed by atoms with van der Waals surface area (Å²) in [7, 11) is 1.44. The number of methoxy groups -OCH3 is 1. The number of carbonyl (C=O) groups is 3. The summed E-state index contributed by atoms with van der Waals surface area (Å²) in [5.41, 5.74) is 2.47. The molecule has 0 radical (unpaired) electrons. The van der Waals surface area contributed by atoms with Gasteiger partial charge in [-0.25, -0.2) is 9.78 Å². The fourth-order valence-corrected chi connectivity index (χ4v) is 3.73. The summed E-state index contributed by atoms with van der Waals surface area (Å²) in [6.45, 7) is 8.81. The molecular weight excluding hydrogens is 430 g/mol. The molecule has 32 heavy (non-hydrogen) atoms. The highest BCUT2D eigenvalue weighted by atomic mass is 32.1. The minimum absolute atomic E-state index is 0.00896. The van der Waals surface area contributed by atoms with Gasteiger partial charge in [0.05, 0.1) is 12.3 Å². The summed E-state index contributed by atoms with van der Waals surface area (Å²) in [6.07, 6.45) is 1.07. The number of hydrogen-bond acceptors (Lipinski definition) is 7. The zero-order valence-corrected chi connectivity index (χ0v) is 20.2. The van der Waals surface area contributed by atoms with Gasteiger partial charge in [-0.2, -0.15) is 0 Å². The molecule has 1 aromatic carbocycles. The van der Waals surface area contributed by atoms with Gasteiger partial charge in [0, 0.05) is 23.6 Å². The number of nitrogens with one attached hydrogen (secondary N) is 2. The van der Waals surface area contributed by atoms with Gasteiger partial charge in [0.2, 0.25) is 0 Å². The first-order valence-electron chi connectivity index (χ1n) is 10.4. The number of Topliss-reactive ketones (excluding diaryl/α,β-unsaturated/α-hetero) is 1. The molecule has 0 aliphatic rings. The Morgan fingerprint density at radius 2 is 1.94 bits per heavy atom. The van der Waals surface area contributed by atoms with E-state index in [1.54, 1.807) is 33.1 Å². The SMILES string of the molecule is CCCc1ccc(-c2csc(NC(=O)C(COC)NC(=O)OC(C)(C)C)n2)cc1C(C)=O. The van der Waals surface area contributed by atoms with Crippen LogP contribution in [-0.4, -0.2) is 48.1 Å². The molecule has 2 amide bonds. The van der Waals surface area contributed by atoms with Gasteiger partial charge in [0.25, 0.3) is 5.91 Å². The first-order valence-corrected chi connectivity index (χ1v) is 11.3. The molecular formula is C23H31N3O5S. The average Bonchev–Trinajstić information content (AvgIpc) is 3.15. The molecule has 1 atom stereocenters. The molecule has 1 heterocycles. The number of alkyl carbamates (subject to hydrolysis) is 1. The largest absolute Gasteiger partial charge is 0.444 e. The molecule has 2 N–H and O–H groups in total. The summed E-state index contributed by atoms with van der Waals surface area (Å²) in [4.78, 5) is 41.2. The van der Waals surface area contributed by atoms with Crippen LogP contribution in [0.4, 0.5) is 9.93 Å². The normalized spacial score (nSPS) is 12.2. The van der Waals surface area contributed by atoms with Gasteiger partial charge in [-0.1, -0.05) is 25.5 Å². The van der Waals surface area contributed by atoms with Crippen molar-refractivity contribution < 1.29 is 23.9 Å². The van der Waals surface area contributed by atoms with E-state index in [-0.39, 0.29) is 12.4 Å². The first-order chi connectivity index (χ1) is 15.0. The van der Waals surface area contributed by atoms with Crippen molar-refractivity contribution >= 4 is 34.3 Å². The summed E-state index contributed by atoms with van der Waals surface area (Å²) in [6, 6.07) is 4.77. The molecule has 9 heteroatoms. The molecule has 1 aromatic heterocycles. The molecule has 0 aliphatic heterocycles. The van der Waals surface area contributed by atoms with E-state index >= 15 is 0 Å². The van der Waals surface area contributed by atoms with Gasteiger partial charge in [0.15, 0.2) is 10.9 Å². The molecule has 1 unspecified atom stereocenters. The lowest BCUT2D eigenvalue weighted by molar-refractivity contribution is -0.119. The van der Waals surface area contributed by atoms with Crippen molar-refractivity contribution in [1.29, 1.82) is 0 Å². The maximum absolute atomic E-state index is 12.7. The van der Waals surface area contributed by atoms with Crippen molar-refractivity contribution in [2.75, 3.05) is 19.0 Å². The van der Waals surface area contributed by atoms with E-state index in [1.807, 2.05) is 18.2 Å². The van der Waals surface area contributed by atoms with Crippen LogP contribution in [0.15, 0.2) is 23.6 Å². The Labute approximate surface area is 192 Å². The van der Waals surface area contributed by atoms with E-state index in [9.17, 15) is 14.4 Å². The minimum atomic E-state index is -0.945. The third-order valence-electron chi connectivity index (χ3n) is 4.38. The van der Waals surface area contributed by atoms with Crippen LogP contribution in [-0.2, 0) is 20.7 Å². The van der Waals surface area contributed by atoms with Crippen LogP contribution in [0.3, 0.4) is 0 Å². The van der Waals surface area contributed by atoms with Crippen molar-refractivity contribution in [2.45, 2.75) is 59.1 Å². The van der Waals surface area contributed by atoms with Crippen LogP contribution < -0.4 is 10.6 Å². The van der Waals surface area contributed by atoms with Gasteiger partial charge < -0.3 is 20.1 Å². The molecule has 0 fully saturated rings. The monoisotopic (exact) mass is 461 g/mol. The van der Waals surface area contributed by atoms with Crippen molar-refractivity contribution in [3.8, 4) is 11.3 Å². The number of nitrogens with zero attached hydrogens (tertiary/aromatic N) is 1. The number of anilines is 1. The zero-order chi connectivity index (χ0) is 23.9. The van der Waals surface area contributed by atoms with Crippen LogP contribution in [0.5, 0.6) is 0 Å². The van der Waals surface area contributed by atoms with Crippen molar-refractivity contribution in [1.82, 2.24) is 10.3 Å². The Morgan fingerprint density at radius 1 is 1.22 bits per heavy atom. The van der Waals surface area contributed by atoms with E-state index in [0.717, 1.165) is 24.0 Å². The lowest BCUT2D eigenvalue weighted by Gasteiger charge is -2.22. The number of amides is 2. The maximum Gasteiger partial charge on any atom is 0.408 e. The predicted molar refractivity (Wildman–Crippen MR) is 125 cm³/mol. The maximum atomic E-state index is 12.7. The predicted octanol–water partition coefficient (Wildman–Crippen LogP) is 4.44. The third kappa shape index (κ3) is 7.42. The molecule has 2 rings (SSSR count). The van der Waals surface area contributed by atoms with Crippen LogP contribution in [0, 0.1) is 0 Å². The van der Waals surface area contributed by atoms with Crippen molar-refractivity contribution in [2.24, 2.45) is 0 Å². The quantitative estimate of drug-likeness (QED) is 0.535. The van der Waals surface area contributed by atoms with E-state index in [2.05, 4.69) is 22.5 Å². The molecule has 174 valence electrons. The van der Waals surface area contributed by atoms with Crippen LogP contribution >= 0.6 is 11.3 Å². The topological polar surface area (TPSA) is 107 Å². The fraction of sp³-hybridized carbons (Fsp3) is 0.478. The second-order valence-electron chi connectivity index (χ2n) is 8.36. The Hall–Kier alpha value is -2.78. The first kappa shape index (κ1) is 25.5. The van der Waals surface area contributed by atoms with Crippen LogP contribution in [0.1, 0.15) is 57.0 Å². The zero-order valence-electron chi connectivity index (χ0n) is 19.4. The number of carbonyl (C=O) groups excluding carboxylic acids is 3. The lowest BCUT2D eigenvalue weighted by Crippen LogP contribution is -2.48. The second kappa shape index (κ2) is 11.2. The number of rotatable bonds is 9. The number of hydrogen-bond donors (Lipinski definition) is 2. The number of ether oxygens (including phenoxy) is 2. The molecule has 0 saturated heterocycles. The third-order valence-corrected chi connectivity index (χ3v) is 5.14. The standard InChI is InChI=1S/C23H31N3O5S/c1-7-8-15-9-10-16(11-17(15)14(2)27)19-13-32-21(24-19)26-20(28)18(12-30-6)25-22(29)31-23(3,4)5/h9-11,13,18H,7-8,12H2,1-6H3,(H,25,29)(H,24,26,28). The van der Waals surface area contributed by atoms with E-state index in [1.165, 1.54) is 18.4 Å². The fourth-order valence-electron chi connectivity index (χ4n) is 3.01. The molecule has 0 aliphatic carbocycles. The molecule has 0 bridgehead atoms. The summed E-state index contributed by atoms with van der Waals surface area (Å²) < 4.78 is 10.3. The van der Waals surface area contributed by atoms with Crippen molar-refractivity contribution in [3.05, 3.63) is 34.7 Å². The number of ketones is 1. The van der Waals surface area contributed by atoms with Gasteiger partial charge in [0.1, 0.15) is 11.6 Å². The van der Waals surface area contributed by atoms with Gasteiger partial charge >= 0.3 is 6.09 Å². The Morgan fingerprint density at radius 3 is 2.53 bits per heavy atom. The smallest absolute Gasteiger partial charge is 0.408 e. The van der Waals surface area contributed by atoms with Crippen LogP contribution in [0.25, 0.3) is 11.3 Å². The highest BCUT2D eigenvalue weighted by Gasteiger charge is 2.25. The summed E-state index contributed by atoms with van der Waals surface area (Å²) >= 11 is 1.25.